The standard InChI is InChI=1S/C22H41O/c1-3-5-7-9-11-13-15-17-19-21-22(23)20-18-16-14-12-10-8-6-4-2/h11-14,21-23H,3-10,15-20H2,1-2H3/b13-11-,14-12-. The molecule has 1 nitrogen and oxygen atoms in total. The fraction of sp³-hybridized carbons (Fsp3) is 0.773. The molecular weight excluding hydrogens is 280 g/mol. The van der Waals surface area contributed by atoms with Crippen LogP contribution >= 0.6 is 0 Å². The van der Waals surface area contributed by atoms with Crippen LogP contribution in [0.1, 0.15) is 104 Å². The summed E-state index contributed by atoms with van der Waals surface area (Å²) in [7, 11) is 0. The van der Waals surface area contributed by atoms with E-state index in [0.717, 1.165) is 32.1 Å². The van der Waals surface area contributed by atoms with Gasteiger partial charge in [0.25, 0.3) is 0 Å². The highest BCUT2D eigenvalue weighted by Gasteiger charge is 2.02. The molecule has 1 atom stereocenters. The van der Waals surface area contributed by atoms with Gasteiger partial charge in [0.15, 0.2) is 0 Å². The molecule has 0 saturated carbocycles. The molecule has 1 radical (unpaired) electrons. The molecule has 0 rings (SSSR count). The maximum Gasteiger partial charge on any atom is 0.0572 e. The number of hydrogen-bond donors (Lipinski definition) is 1. The van der Waals surface area contributed by atoms with E-state index >= 15 is 0 Å². The van der Waals surface area contributed by atoms with Crippen LogP contribution in [-0.4, -0.2) is 11.2 Å². The van der Waals surface area contributed by atoms with Crippen LogP contribution in [0.3, 0.4) is 0 Å². The number of unbranched alkanes of at least 4 members (excludes halogenated alkanes) is 9. The Morgan fingerprint density at radius 2 is 1.09 bits per heavy atom. The Kier molecular flexibility index (Phi) is 19.0. The van der Waals surface area contributed by atoms with Crippen molar-refractivity contribution in [2.24, 2.45) is 0 Å². The molecule has 1 unspecified atom stereocenters. The molecule has 0 aromatic heterocycles. The minimum atomic E-state index is -0.211. The first-order valence-corrected chi connectivity index (χ1v) is 10.1. The van der Waals surface area contributed by atoms with Crippen molar-refractivity contribution in [2.45, 2.75) is 110 Å². The van der Waals surface area contributed by atoms with Gasteiger partial charge in [-0.05, 0) is 70.6 Å². The Balaban J connectivity index is 3.29. The van der Waals surface area contributed by atoms with E-state index in [1.807, 2.05) is 0 Å². The molecule has 1 N–H and O–H groups in total. The zero-order valence-electron chi connectivity index (χ0n) is 15.8. The van der Waals surface area contributed by atoms with Crippen molar-refractivity contribution in [3.8, 4) is 0 Å². The third-order valence-corrected chi connectivity index (χ3v) is 4.17. The number of aliphatic hydroxyl groups excluding tert-OH is 1. The van der Waals surface area contributed by atoms with Crippen molar-refractivity contribution >= 4 is 0 Å². The fourth-order valence-electron chi connectivity index (χ4n) is 2.60. The van der Waals surface area contributed by atoms with Crippen molar-refractivity contribution < 1.29 is 5.11 Å². The predicted octanol–water partition coefficient (Wildman–Crippen LogP) is 7.17. The lowest BCUT2D eigenvalue weighted by Crippen LogP contribution is -2.06. The summed E-state index contributed by atoms with van der Waals surface area (Å²) in [5, 5.41) is 9.92. The largest absolute Gasteiger partial charge is 0.393 e. The van der Waals surface area contributed by atoms with Gasteiger partial charge in [0.2, 0.25) is 0 Å². The van der Waals surface area contributed by atoms with E-state index in [1.165, 1.54) is 57.8 Å². The second kappa shape index (κ2) is 19.5. The predicted molar refractivity (Wildman–Crippen MR) is 105 cm³/mol. The zero-order valence-corrected chi connectivity index (χ0v) is 15.8. The van der Waals surface area contributed by atoms with E-state index in [4.69, 9.17) is 0 Å². The average molecular weight is 322 g/mol. The first-order valence-electron chi connectivity index (χ1n) is 10.1. The maximum absolute atomic E-state index is 9.92. The summed E-state index contributed by atoms with van der Waals surface area (Å²) in [5.74, 6) is 0. The first kappa shape index (κ1) is 22.4. The Hall–Kier alpha value is -0.560. The topological polar surface area (TPSA) is 20.2 Å². The summed E-state index contributed by atoms with van der Waals surface area (Å²) in [5.41, 5.74) is 0. The highest BCUT2D eigenvalue weighted by Crippen LogP contribution is 2.10. The molecule has 0 saturated heterocycles. The summed E-state index contributed by atoms with van der Waals surface area (Å²) in [6.07, 6.45) is 27.9. The van der Waals surface area contributed by atoms with Crippen LogP contribution in [0.2, 0.25) is 0 Å². The van der Waals surface area contributed by atoms with Gasteiger partial charge in [-0.1, -0.05) is 63.8 Å². The van der Waals surface area contributed by atoms with Crippen LogP contribution in [0.5, 0.6) is 0 Å². The molecule has 0 spiro atoms. The lowest BCUT2D eigenvalue weighted by Gasteiger charge is -2.08. The number of rotatable bonds is 17. The molecule has 23 heavy (non-hydrogen) atoms. The van der Waals surface area contributed by atoms with E-state index in [-0.39, 0.29) is 6.10 Å². The summed E-state index contributed by atoms with van der Waals surface area (Å²) in [6.45, 7) is 4.49. The second-order valence-electron chi connectivity index (χ2n) is 6.60. The molecule has 0 heterocycles. The molecule has 135 valence electrons. The SMILES string of the molecule is CCCCC/C=C\CCC[CH]C(O)CCC/C=C\CCCCC. The minimum absolute atomic E-state index is 0.211. The summed E-state index contributed by atoms with van der Waals surface area (Å²) >= 11 is 0. The summed E-state index contributed by atoms with van der Waals surface area (Å²) < 4.78 is 0. The van der Waals surface area contributed by atoms with Gasteiger partial charge in [-0.2, -0.15) is 0 Å². The molecule has 0 aromatic carbocycles. The van der Waals surface area contributed by atoms with Crippen molar-refractivity contribution in [1.82, 2.24) is 0 Å². The Morgan fingerprint density at radius 3 is 1.61 bits per heavy atom. The third-order valence-electron chi connectivity index (χ3n) is 4.17. The molecule has 0 amide bonds. The summed E-state index contributed by atoms with van der Waals surface area (Å²) in [4.78, 5) is 0. The molecule has 1 heteroatoms. The van der Waals surface area contributed by atoms with Crippen LogP contribution in [0.15, 0.2) is 24.3 Å². The number of allylic oxidation sites excluding steroid dienone is 4. The van der Waals surface area contributed by atoms with Crippen LogP contribution in [-0.2, 0) is 0 Å². The Morgan fingerprint density at radius 1 is 0.609 bits per heavy atom. The third kappa shape index (κ3) is 19.4. The van der Waals surface area contributed by atoms with Crippen LogP contribution in [0, 0.1) is 6.42 Å². The zero-order chi connectivity index (χ0) is 17.0. The van der Waals surface area contributed by atoms with Crippen LogP contribution in [0.4, 0.5) is 0 Å². The Labute approximate surface area is 146 Å². The van der Waals surface area contributed by atoms with Gasteiger partial charge >= 0.3 is 0 Å². The van der Waals surface area contributed by atoms with Gasteiger partial charge in [0, 0.05) is 0 Å². The normalized spacial score (nSPS) is 13.3. The van der Waals surface area contributed by atoms with Gasteiger partial charge in [-0.25, -0.2) is 0 Å². The molecule has 0 bridgehead atoms. The molecular formula is C22H41O. The monoisotopic (exact) mass is 321 g/mol. The van der Waals surface area contributed by atoms with Gasteiger partial charge < -0.3 is 5.11 Å². The average Bonchev–Trinajstić information content (AvgIpc) is 2.56. The van der Waals surface area contributed by atoms with E-state index in [1.54, 1.807) is 0 Å². The molecule has 0 aliphatic heterocycles. The molecule has 0 aromatic rings. The molecule has 0 aliphatic carbocycles. The quantitative estimate of drug-likeness (QED) is 0.222. The van der Waals surface area contributed by atoms with Crippen molar-refractivity contribution in [3.63, 3.8) is 0 Å². The lowest BCUT2D eigenvalue weighted by atomic mass is 10.0. The number of hydrogen-bond acceptors (Lipinski definition) is 1. The fourth-order valence-corrected chi connectivity index (χ4v) is 2.60. The van der Waals surface area contributed by atoms with Crippen LogP contribution in [0.25, 0.3) is 0 Å². The van der Waals surface area contributed by atoms with E-state index in [2.05, 4.69) is 44.6 Å². The van der Waals surface area contributed by atoms with E-state index in [9.17, 15) is 5.11 Å². The van der Waals surface area contributed by atoms with Crippen molar-refractivity contribution in [1.29, 1.82) is 0 Å². The van der Waals surface area contributed by atoms with E-state index in [0.29, 0.717) is 0 Å². The smallest absolute Gasteiger partial charge is 0.0572 e. The van der Waals surface area contributed by atoms with Gasteiger partial charge in [-0.15, -0.1) is 0 Å². The molecule has 0 aliphatic rings. The van der Waals surface area contributed by atoms with E-state index < -0.39 is 0 Å². The number of aliphatic hydroxyl groups is 1. The van der Waals surface area contributed by atoms with Gasteiger partial charge in [-0.3, -0.25) is 0 Å². The first-order chi connectivity index (χ1) is 11.3. The lowest BCUT2D eigenvalue weighted by molar-refractivity contribution is 0.189. The van der Waals surface area contributed by atoms with Gasteiger partial charge in [0.05, 0.1) is 6.10 Å². The maximum atomic E-state index is 9.92. The second-order valence-corrected chi connectivity index (χ2v) is 6.60. The minimum Gasteiger partial charge on any atom is -0.393 e. The van der Waals surface area contributed by atoms with Crippen LogP contribution < -0.4 is 0 Å². The highest BCUT2D eigenvalue weighted by atomic mass is 16.3. The summed E-state index contributed by atoms with van der Waals surface area (Å²) in [6, 6.07) is 0. The Bertz CT molecular complexity index is 267. The highest BCUT2D eigenvalue weighted by molar-refractivity contribution is 4.85. The van der Waals surface area contributed by atoms with Crippen molar-refractivity contribution in [2.75, 3.05) is 0 Å². The van der Waals surface area contributed by atoms with Gasteiger partial charge in [0.1, 0.15) is 0 Å². The van der Waals surface area contributed by atoms with Crippen molar-refractivity contribution in [3.05, 3.63) is 30.7 Å². The molecule has 0 fully saturated rings.